The van der Waals surface area contributed by atoms with Crippen molar-refractivity contribution in [3.63, 3.8) is 0 Å². The molecular formula is C12H18FNO4S. The second-order valence-electron chi connectivity index (χ2n) is 4.85. The third-order valence-corrected chi connectivity index (χ3v) is 4.72. The summed E-state index contributed by atoms with van der Waals surface area (Å²) in [6, 6.07) is 2.24. The highest BCUT2D eigenvalue weighted by Gasteiger charge is 2.31. The van der Waals surface area contributed by atoms with Crippen LogP contribution < -0.4 is 4.72 Å². The van der Waals surface area contributed by atoms with Crippen LogP contribution in [0.2, 0.25) is 0 Å². The van der Waals surface area contributed by atoms with Crippen molar-refractivity contribution in [1.29, 1.82) is 0 Å². The molecular weight excluding hydrogens is 273 g/mol. The zero-order valence-corrected chi connectivity index (χ0v) is 11.9. The van der Waals surface area contributed by atoms with Crippen molar-refractivity contribution in [3.05, 3.63) is 29.1 Å². The van der Waals surface area contributed by atoms with Gasteiger partial charge in [0.15, 0.2) is 0 Å². The third kappa shape index (κ3) is 3.50. The van der Waals surface area contributed by atoms with Crippen molar-refractivity contribution in [2.75, 3.05) is 13.2 Å². The van der Waals surface area contributed by atoms with Crippen LogP contribution in [0.25, 0.3) is 0 Å². The van der Waals surface area contributed by atoms with Crippen LogP contribution in [0.4, 0.5) is 4.39 Å². The van der Waals surface area contributed by atoms with Crippen LogP contribution in [0.5, 0.6) is 0 Å². The molecule has 0 saturated carbocycles. The minimum absolute atomic E-state index is 0.0398. The first-order valence-corrected chi connectivity index (χ1v) is 7.16. The average Bonchev–Trinajstić information content (AvgIpc) is 2.26. The highest BCUT2D eigenvalue weighted by Crippen LogP contribution is 2.22. The second-order valence-corrected chi connectivity index (χ2v) is 6.47. The van der Waals surface area contributed by atoms with Crippen molar-refractivity contribution in [2.45, 2.75) is 31.2 Å². The predicted molar refractivity (Wildman–Crippen MR) is 68.8 cm³/mol. The first-order valence-electron chi connectivity index (χ1n) is 5.67. The average molecular weight is 291 g/mol. The molecule has 1 rings (SSSR count). The van der Waals surface area contributed by atoms with Gasteiger partial charge >= 0.3 is 0 Å². The minimum Gasteiger partial charge on any atom is -0.394 e. The van der Waals surface area contributed by atoms with Crippen LogP contribution in [0, 0.1) is 19.7 Å². The third-order valence-electron chi connectivity index (χ3n) is 2.77. The molecule has 0 aliphatic heterocycles. The molecule has 0 amide bonds. The van der Waals surface area contributed by atoms with E-state index in [2.05, 4.69) is 4.72 Å². The van der Waals surface area contributed by atoms with Gasteiger partial charge in [0.05, 0.1) is 23.6 Å². The fourth-order valence-electron chi connectivity index (χ4n) is 1.81. The molecule has 0 spiro atoms. The van der Waals surface area contributed by atoms with E-state index in [1.54, 1.807) is 0 Å². The van der Waals surface area contributed by atoms with E-state index in [-0.39, 0.29) is 16.0 Å². The number of aliphatic hydroxyl groups is 2. The Kier molecular flexibility index (Phi) is 4.67. The van der Waals surface area contributed by atoms with Gasteiger partial charge in [-0.05, 0) is 44.0 Å². The number of rotatable bonds is 5. The van der Waals surface area contributed by atoms with Crippen LogP contribution >= 0.6 is 0 Å². The van der Waals surface area contributed by atoms with Crippen molar-refractivity contribution in [1.82, 2.24) is 4.72 Å². The molecule has 0 aliphatic rings. The van der Waals surface area contributed by atoms with E-state index >= 15 is 0 Å². The summed E-state index contributed by atoms with van der Waals surface area (Å²) in [7, 11) is -3.96. The molecule has 0 fully saturated rings. The molecule has 5 nitrogen and oxygen atoms in total. The summed E-state index contributed by atoms with van der Waals surface area (Å²) >= 11 is 0. The zero-order chi connectivity index (χ0) is 14.8. The van der Waals surface area contributed by atoms with Gasteiger partial charge < -0.3 is 10.2 Å². The van der Waals surface area contributed by atoms with E-state index in [4.69, 9.17) is 10.2 Å². The summed E-state index contributed by atoms with van der Waals surface area (Å²) in [6.45, 7) is 3.24. The van der Waals surface area contributed by atoms with Crippen LogP contribution in [0.15, 0.2) is 17.0 Å². The first-order chi connectivity index (χ1) is 8.65. The van der Waals surface area contributed by atoms with Gasteiger partial charge in [-0.3, -0.25) is 0 Å². The van der Waals surface area contributed by atoms with E-state index in [1.807, 2.05) is 0 Å². The summed E-state index contributed by atoms with van der Waals surface area (Å²) in [6.07, 6.45) is 0. The molecule has 0 heterocycles. The minimum atomic E-state index is -3.96. The summed E-state index contributed by atoms with van der Waals surface area (Å²) in [5, 5.41) is 18.3. The number of aliphatic hydroxyl groups excluding tert-OH is 2. The van der Waals surface area contributed by atoms with Crippen LogP contribution in [0.1, 0.15) is 18.1 Å². The summed E-state index contributed by atoms with van der Waals surface area (Å²) in [5.74, 6) is -0.513. The highest BCUT2D eigenvalue weighted by molar-refractivity contribution is 7.89. The Bertz CT molecular complexity index is 544. The van der Waals surface area contributed by atoms with Crippen molar-refractivity contribution in [3.8, 4) is 0 Å². The lowest BCUT2D eigenvalue weighted by atomic mass is 10.1. The molecule has 0 radical (unpaired) electrons. The maximum atomic E-state index is 13.2. The molecule has 19 heavy (non-hydrogen) atoms. The van der Waals surface area contributed by atoms with Crippen LogP contribution in [0.3, 0.4) is 0 Å². The Balaban J connectivity index is 3.29. The molecule has 0 saturated heterocycles. The number of sulfonamides is 1. The Morgan fingerprint density at radius 2 is 1.63 bits per heavy atom. The number of halogens is 1. The molecule has 0 atom stereocenters. The lowest BCUT2D eigenvalue weighted by Gasteiger charge is -2.26. The van der Waals surface area contributed by atoms with E-state index < -0.39 is 34.6 Å². The maximum absolute atomic E-state index is 13.2. The largest absolute Gasteiger partial charge is 0.394 e. The number of hydrogen-bond acceptors (Lipinski definition) is 4. The predicted octanol–water partition coefficient (Wildman–Crippen LogP) is 0.464. The second kappa shape index (κ2) is 5.54. The van der Waals surface area contributed by atoms with E-state index in [9.17, 15) is 12.8 Å². The number of benzene rings is 1. The van der Waals surface area contributed by atoms with Gasteiger partial charge in [0.2, 0.25) is 10.0 Å². The Hall–Kier alpha value is -1.02. The first kappa shape index (κ1) is 16.0. The molecule has 1 aromatic rings. The fraction of sp³-hybridized carbons (Fsp3) is 0.500. The quantitative estimate of drug-likeness (QED) is 0.736. The topological polar surface area (TPSA) is 86.6 Å². The number of aryl methyl sites for hydroxylation is 2. The molecule has 0 bridgehead atoms. The summed E-state index contributed by atoms with van der Waals surface area (Å²) < 4.78 is 39.9. The molecule has 0 unspecified atom stereocenters. The van der Waals surface area contributed by atoms with Gasteiger partial charge in [-0.25, -0.2) is 17.5 Å². The van der Waals surface area contributed by atoms with Crippen molar-refractivity contribution < 1.29 is 23.0 Å². The monoisotopic (exact) mass is 291 g/mol. The summed E-state index contributed by atoms with van der Waals surface area (Å²) in [5.41, 5.74) is -0.835. The van der Waals surface area contributed by atoms with E-state index in [0.717, 1.165) is 12.1 Å². The fourth-order valence-corrected chi connectivity index (χ4v) is 3.66. The van der Waals surface area contributed by atoms with Gasteiger partial charge in [0, 0.05) is 0 Å². The van der Waals surface area contributed by atoms with Crippen LogP contribution in [-0.4, -0.2) is 37.4 Å². The normalized spacial score (nSPS) is 12.7. The maximum Gasteiger partial charge on any atom is 0.241 e. The van der Waals surface area contributed by atoms with Gasteiger partial charge in [-0.15, -0.1) is 0 Å². The molecule has 0 aromatic heterocycles. The highest BCUT2D eigenvalue weighted by atomic mass is 32.2. The van der Waals surface area contributed by atoms with Gasteiger partial charge in [0.25, 0.3) is 0 Å². The van der Waals surface area contributed by atoms with Crippen LogP contribution in [-0.2, 0) is 10.0 Å². The molecule has 1 aromatic carbocycles. The smallest absolute Gasteiger partial charge is 0.241 e. The molecule has 7 heteroatoms. The SMILES string of the molecule is Cc1cc(F)cc(C)c1S(=O)(=O)NC(C)(CO)CO. The number of hydrogen-bond donors (Lipinski definition) is 3. The zero-order valence-electron chi connectivity index (χ0n) is 11.1. The standard InChI is InChI=1S/C12H18FNO4S/c1-8-4-10(13)5-9(2)11(8)19(17,18)14-12(3,6-15)7-16/h4-5,14-16H,6-7H2,1-3H3. The molecule has 3 N–H and O–H groups in total. The Labute approximate surface area is 112 Å². The van der Waals surface area contributed by atoms with Gasteiger partial charge in [-0.2, -0.15) is 0 Å². The van der Waals surface area contributed by atoms with Gasteiger partial charge in [-0.1, -0.05) is 0 Å². The number of nitrogens with one attached hydrogen (secondary N) is 1. The Morgan fingerprint density at radius 3 is 2.00 bits per heavy atom. The van der Waals surface area contributed by atoms with Crippen molar-refractivity contribution in [2.24, 2.45) is 0 Å². The van der Waals surface area contributed by atoms with E-state index in [1.165, 1.54) is 20.8 Å². The summed E-state index contributed by atoms with van der Waals surface area (Å²) in [4.78, 5) is -0.0398. The molecule has 108 valence electrons. The Morgan fingerprint density at radius 1 is 1.21 bits per heavy atom. The lowest BCUT2D eigenvalue weighted by Crippen LogP contribution is -2.51. The van der Waals surface area contributed by atoms with Crippen molar-refractivity contribution >= 4 is 10.0 Å². The lowest BCUT2D eigenvalue weighted by molar-refractivity contribution is 0.121. The van der Waals surface area contributed by atoms with Gasteiger partial charge in [0.1, 0.15) is 5.82 Å². The molecule has 0 aliphatic carbocycles. The van der Waals surface area contributed by atoms with E-state index in [0.29, 0.717) is 0 Å².